The maximum Gasteiger partial charge on any atom is 0.264 e. The van der Waals surface area contributed by atoms with Crippen LogP contribution in [0.2, 0.25) is 0 Å². The summed E-state index contributed by atoms with van der Waals surface area (Å²) in [4.78, 5) is 13.2. The van der Waals surface area contributed by atoms with E-state index in [0.29, 0.717) is 22.3 Å². The lowest BCUT2D eigenvalue weighted by molar-refractivity contribution is -0.120. The average molecular weight is 545 g/mol. The van der Waals surface area contributed by atoms with E-state index in [9.17, 15) is 13.2 Å². The van der Waals surface area contributed by atoms with Gasteiger partial charge in [-0.15, -0.1) is 0 Å². The monoisotopic (exact) mass is 544 g/mol. The summed E-state index contributed by atoms with van der Waals surface area (Å²) in [5.41, 5.74) is 3.51. The van der Waals surface area contributed by atoms with E-state index in [0.717, 1.165) is 21.0 Å². The molecule has 6 nitrogen and oxygen atoms in total. The first-order chi connectivity index (χ1) is 16.1. The molecule has 3 aromatic rings. The van der Waals surface area contributed by atoms with Gasteiger partial charge in [0.2, 0.25) is 5.91 Å². The first-order valence-electron chi connectivity index (χ1n) is 10.9. The molecule has 8 heteroatoms. The largest absolute Gasteiger partial charge is 0.496 e. The summed E-state index contributed by atoms with van der Waals surface area (Å²) in [5.74, 6) is 0.131. The number of benzene rings is 3. The lowest BCUT2D eigenvalue weighted by Crippen LogP contribution is -2.42. The second-order valence-corrected chi connectivity index (χ2v) is 10.8. The van der Waals surface area contributed by atoms with Gasteiger partial charge in [0, 0.05) is 0 Å². The number of ether oxygens (including phenoxy) is 1. The van der Waals surface area contributed by atoms with E-state index in [4.69, 9.17) is 4.74 Å². The van der Waals surface area contributed by atoms with E-state index >= 15 is 0 Å². The molecule has 180 valence electrons. The number of rotatable bonds is 9. The molecule has 1 amide bonds. The predicted octanol–water partition coefficient (Wildman–Crippen LogP) is 5.54. The number of aryl methyl sites for hydroxylation is 2. The van der Waals surface area contributed by atoms with E-state index in [1.54, 1.807) is 18.2 Å². The lowest BCUT2D eigenvalue weighted by Gasteiger charge is -2.26. The molecule has 34 heavy (non-hydrogen) atoms. The molecule has 1 atom stereocenters. The maximum absolute atomic E-state index is 13.7. The molecular weight excluding hydrogens is 516 g/mol. The van der Waals surface area contributed by atoms with Crippen LogP contribution in [0, 0.1) is 13.8 Å². The predicted molar refractivity (Wildman–Crippen MR) is 139 cm³/mol. The summed E-state index contributed by atoms with van der Waals surface area (Å²) in [7, 11) is -2.53. The average Bonchev–Trinajstić information content (AvgIpc) is 2.82. The highest BCUT2D eigenvalue weighted by atomic mass is 79.9. The molecule has 0 heterocycles. The smallest absolute Gasteiger partial charge is 0.264 e. The quantitative estimate of drug-likeness (QED) is 0.383. The van der Waals surface area contributed by atoms with E-state index in [1.165, 1.54) is 19.2 Å². The van der Waals surface area contributed by atoms with Gasteiger partial charge in [-0.2, -0.15) is 0 Å². The molecule has 3 rings (SSSR count). The van der Waals surface area contributed by atoms with Crippen molar-refractivity contribution in [3.63, 3.8) is 0 Å². The minimum absolute atomic E-state index is 0.0547. The summed E-state index contributed by atoms with van der Waals surface area (Å²) in [6.07, 6.45) is 0.678. The van der Waals surface area contributed by atoms with Gasteiger partial charge in [0.05, 0.1) is 28.2 Å². The molecule has 0 saturated heterocycles. The lowest BCUT2D eigenvalue weighted by atomic mass is 10.0. The molecule has 0 aliphatic carbocycles. The molecule has 0 aliphatic heterocycles. The third kappa shape index (κ3) is 5.98. The van der Waals surface area contributed by atoms with Crippen LogP contribution in [0.25, 0.3) is 0 Å². The molecule has 0 unspecified atom stereocenters. The molecule has 0 radical (unpaired) electrons. The number of hydrogen-bond acceptors (Lipinski definition) is 4. The molecule has 1 N–H and O–H groups in total. The minimum Gasteiger partial charge on any atom is -0.496 e. The number of methoxy groups -OCH3 is 1. The molecule has 0 fully saturated rings. The normalized spacial score (nSPS) is 12.1. The second kappa shape index (κ2) is 11.1. The number of hydrogen-bond donors (Lipinski definition) is 1. The fourth-order valence-electron chi connectivity index (χ4n) is 3.55. The Morgan fingerprint density at radius 2 is 1.59 bits per heavy atom. The van der Waals surface area contributed by atoms with Gasteiger partial charge in [-0.05, 0) is 72.1 Å². The third-order valence-electron chi connectivity index (χ3n) is 5.54. The van der Waals surface area contributed by atoms with Crippen LogP contribution in [0.3, 0.4) is 0 Å². The number of carbonyl (C=O) groups is 1. The van der Waals surface area contributed by atoms with Crippen LogP contribution in [-0.2, 0) is 14.8 Å². The number of anilines is 1. The van der Waals surface area contributed by atoms with Crippen LogP contribution in [0.1, 0.15) is 36.1 Å². The molecular formula is C26H29BrN2O4S. The van der Waals surface area contributed by atoms with Gasteiger partial charge in [0.15, 0.2) is 0 Å². The van der Waals surface area contributed by atoms with Gasteiger partial charge in [0.25, 0.3) is 10.0 Å². The topological polar surface area (TPSA) is 75.7 Å². The molecule has 0 aromatic heterocycles. The molecule has 0 bridgehead atoms. The van der Waals surface area contributed by atoms with Crippen molar-refractivity contribution in [1.82, 2.24) is 5.32 Å². The highest BCUT2D eigenvalue weighted by Gasteiger charge is 2.28. The van der Waals surface area contributed by atoms with E-state index in [-0.39, 0.29) is 23.4 Å². The van der Waals surface area contributed by atoms with Crippen molar-refractivity contribution in [1.29, 1.82) is 0 Å². The first kappa shape index (κ1) is 25.8. The fraction of sp³-hybridized carbons (Fsp3) is 0.269. The van der Waals surface area contributed by atoms with Crippen LogP contribution >= 0.6 is 15.9 Å². The highest BCUT2D eigenvalue weighted by Crippen LogP contribution is 2.31. The van der Waals surface area contributed by atoms with Crippen molar-refractivity contribution in [2.75, 3.05) is 18.0 Å². The zero-order valence-electron chi connectivity index (χ0n) is 19.7. The van der Waals surface area contributed by atoms with Crippen LogP contribution in [0.15, 0.2) is 76.1 Å². The zero-order valence-corrected chi connectivity index (χ0v) is 22.1. The number of carbonyl (C=O) groups excluding carboxylic acids is 1. The summed E-state index contributed by atoms with van der Waals surface area (Å²) in [6.45, 7) is 5.56. The summed E-state index contributed by atoms with van der Waals surface area (Å²) < 4.78 is 34.2. The van der Waals surface area contributed by atoms with Gasteiger partial charge in [-0.25, -0.2) is 8.42 Å². The number of amides is 1. The fourth-order valence-corrected chi connectivity index (χ4v) is 5.69. The van der Waals surface area contributed by atoms with E-state index in [1.807, 2.05) is 57.2 Å². The van der Waals surface area contributed by atoms with E-state index in [2.05, 4.69) is 21.2 Å². The van der Waals surface area contributed by atoms with Crippen molar-refractivity contribution in [3.05, 3.63) is 87.9 Å². The van der Waals surface area contributed by atoms with Crippen LogP contribution in [0.4, 0.5) is 5.69 Å². The standard InChI is InChI=1S/C26H29BrN2O4S/c1-5-24(20-10-6-18(2)7-11-20)28-26(30)17-29(21-12-8-19(3)9-13-21)34(31,32)22-14-15-25(33-4)23(27)16-22/h6-16,24H,5,17H2,1-4H3,(H,28,30)/t24-/m0/s1. The number of halogens is 1. The van der Waals surface area contributed by atoms with Gasteiger partial charge in [-0.1, -0.05) is 54.4 Å². The first-order valence-corrected chi connectivity index (χ1v) is 13.2. The minimum atomic E-state index is -4.04. The Morgan fingerprint density at radius 1 is 1.00 bits per heavy atom. The Kier molecular flexibility index (Phi) is 8.38. The zero-order chi connectivity index (χ0) is 24.9. The summed E-state index contributed by atoms with van der Waals surface area (Å²) in [6, 6.07) is 19.3. The SMILES string of the molecule is CC[C@H](NC(=O)CN(c1ccc(C)cc1)S(=O)(=O)c1ccc(OC)c(Br)c1)c1ccc(C)cc1. The van der Waals surface area contributed by atoms with Crippen molar-refractivity contribution >= 4 is 37.5 Å². The van der Waals surface area contributed by atoms with Crippen molar-refractivity contribution in [2.24, 2.45) is 0 Å². The summed E-state index contributed by atoms with van der Waals surface area (Å²) >= 11 is 3.35. The molecule has 3 aromatic carbocycles. The number of nitrogens with one attached hydrogen (secondary N) is 1. The Balaban J connectivity index is 1.93. The number of nitrogens with zero attached hydrogens (tertiary/aromatic N) is 1. The van der Waals surface area contributed by atoms with Gasteiger partial charge >= 0.3 is 0 Å². The van der Waals surface area contributed by atoms with Gasteiger partial charge in [-0.3, -0.25) is 9.10 Å². The van der Waals surface area contributed by atoms with E-state index < -0.39 is 10.0 Å². The van der Waals surface area contributed by atoms with Crippen molar-refractivity contribution in [3.8, 4) is 5.75 Å². The molecule has 0 aliphatic rings. The van der Waals surface area contributed by atoms with Crippen LogP contribution in [-0.4, -0.2) is 28.0 Å². The summed E-state index contributed by atoms with van der Waals surface area (Å²) in [5, 5.41) is 2.99. The number of sulfonamides is 1. The maximum atomic E-state index is 13.7. The Bertz CT molecular complexity index is 1240. The van der Waals surface area contributed by atoms with Gasteiger partial charge in [0.1, 0.15) is 12.3 Å². The molecule has 0 saturated carbocycles. The molecule has 0 spiro atoms. The van der Waals surface area contributed by atoms with Crippen LogP contribution in [0.5, 0.6) is 5.75 Å². The van der Waals surface area contributed by atoms with Crippen LogP contribution < -0.4 is 14.4 Å². The van der Waals surface area contributed by atoms with Gasteiger partial charge < -0.3 is 10.1 Å². The van der Waals surface area contributed by atoms with Crippen molar-refractivity contribution in [2.45, 2.75) is 38.1 Å². The Labute approximate surface area is 210 Å². The highest BCUT2D eigenvalue weighted by molar-refractivity contribution is 9.10. The Morgan fingerprint density at radius 3 is 2.12 bits per heavy atom. The second-order valence-electron chi connectivity index (χ2n) is 8.08. The Hall–Kier alpha value is -2.84. The van der Waals surface area contributed by atoms with Crippen molar-refractivity contribution < 1.29 is 17.9 Å². The third-order valence-corrected chi connectivity index (χ3v) is 7.93.